The Kier molecular flexibility index (Phi) is 4.13. The highest BCUT2D eigenvalue weighted by atomic mass is 32.1. The van der Waals surface area contributed by atoms with Crippen LogP contribution >= 0.6 is 11.3 Å². The molecule has 0 amide bonds. The van der Waals surface area contributed by atoms with E-state index in [9.17, 15) is 9.59 Å². The van der Waals surface area contributed by atoms with E-state index in [0.717, 1.165) is 30.4 Å². The summed E-state index contributed by atoms with van der Waals surface area (Å²) in [5.74, 6) is -0.328. The minimum atomic E-state index is -0.328. The number of ether oxygens (including phenoxy) is 1. The first-order valence-electron chi connectivity index (χ1n) is 8.37. The average Bonchev–Trinajstić information content (AvgIpc) is 3.04. The molecule has 6 heteroatoms. The molecule has 4 rings (SSSR count). The number of aryl methyl sites for hydroxylation is 2. The third kappa shape index (κ3) is 3.09. The lowest BCUT2D eigenvalue weighted by Gasteiger charge is -2.12. The van der Waals surface area contributed by atoms with Crippen molar-refractivity contribution >= 4 is 23.0 Å². The van der Waals surface area contributed by atoms with E-state index in [1.165, 1.54) is 21.8 Å². The van der Waals surface area contributed by atoms with E-state index in [1.807, 2.05) is 18.4 Å². The van der Waals surface area contributed by atoms with Crippen LogP contribution in [0.15, 0.2) is 34.6 Å². The van der Waals surface area contributed by atoms with Gasteiger partial charge in [0.05, 0.1) is 11.3 Å². The number of carbonyl (C=O) groups is 1. The maximum atomic E-state index is 12.4. The lowest BCUT2D eigenvalue weighted by molar-refractivity contribution is 0.0467. The minimum Gasteiger partial charge on any atom is -0.456 e. The number of thiophene rings is 1. The summed E-state index contributed by atoms with van der Waals surface area (Å²) in [6, 6.07) is 5.11. The monoisotopic (exact) mass is 354 g/mol. The molecule has 3 heterocycles. The van der Waals surface area contributed by atoms with Crippen LogP contribution in [0.3, 0.4) is 0 Å². The normalized spacial score (nSPS) is 13.6. The Balaban J connectivity index is 1.54. The zero-order chi connectivity index (χ0) is 17.4. The molecule has 0 radical (unpaired) electrons. The standard InChI is InChI=1S/C19H18N2O3S/c1-12-6-7-17-20-13(8-18(22)21(17)9-12)10-24-19(23)15-11-25-16-5-3-2-4-14(15)16/h6-9,11H,2-5,10H2,1H3. The Morgan fingerprint density at radius 2 is 2.16 bits per heavy atom. The Hall–Kier alpha value is -2.47. The quantitative estimate of drug-likeness (QED) is 0.677. The third-order valence-electron chi connectivity index (χ3n) is 4.49. The van der Waals surface area contributed by atoms with E-state index in [2.05, 4.69) is 4.98 Å². The summed E-state index contributed by atoms with van der Waals surface area (Å²) in [6.45, 7) is 1.92. The molecular formula is C19H18N2O3S. The fraction of sp³-hybridized carbons (Fsp3) is 0.316. The van der Waals surface area contributed by atoms with Gasteiger partial charge in [0.1, 0.15) is 12.3 Å². The summed E-state index contributed by atoms with van der Waals surface area (Å²) in [4.78, 5) is 30.3. The van der Waals surface area contributed by atoms with Crippen LogP contribution in [0.4, 0.5) is 0 Å². The molecule has 0 N–H and O–H groups in total. The van der Waals surface area contributed by atoms with Gasteiger partial charge in [-0.25, -0.2) is 9.78 Å². The number of aromatic nitrogens is 2. The van der Waals surface area contributed by atoms with Gasteiger partial charge in [-0.15, -0.1) is 11.3 Å². The van der Waals surface area contributed by atoms with E-state index in [4.69, 9.17) is 4.74 Å². The van der Waals surface area contributed by atoms with Crippen LogP contribution in [0.25, 0.3) is 5.65 Å². The number of rotatable bonds is 3. The minimum absolute atomic E-state index is 0.00305. The van der Waals surface area contributed by atoms with Crippen molar-refractivity contribution in [2.45, 2.75) is 39.2 Å². The van der Waals surface area contributed by atoms with Gasteiger partial charge in [-0.05, 0) is 49.8 Å². The molecule has 3 aromatic rings. The Labute approximate surface area is 148 Å². The van der Waals surface area contributed by atoms with E-state index in [1.54, 1.807) is 23.6 Å². The largest absolute Gasteiger partial charge is 0.456 e. The first kappa shape index (κ1) is 16.0. The van der Waals surface area contributed by atoms with Crippen molar-refractivity contribution in [1.82, 2.24) is 9.38 Å². The molecule has 3 aromatic heterocycles. The highest BCUT2D eigenvalue weighted by Gasteiger charge is 2.21. The van der Waals surface area contributed by atoms with Crippen LogP contribution in [-0.2, 0) is 24.2 Å². The molecule has 0 bridgehead atoms. The number of hydrogen-bond donors (Lipinski definition) is 0. The summed E-state index contributed by atoms with van der Waals surface area (Å²) in [7, 11) is 0. The molecule has 1 aliphatic rings. The van der Waals surface area contributed by atoms with Crippen LogP contribution in [0.2, 0.25) is 0 Å². The number of nitrogens with zero attached hydrogens (tertiary/aromatic N) is 2. The predicted octanol–water partition coefficient (Wildman–Crippen LogP) is 3.30. The molecule has 0 aliphatic heterocycles. The van der Waals surface area contributed by atoms with Gasteiger partial charge in [0.15, 0.2) is 0 Å². The molecule has 0 saturated carbocycles. The second-order valence-electron chi connectivity index (χ2n) is 6.35. The summed E-state index contributed by atoms with van der Waals surface area (Å²) in [5.41, 5.74) is 3.64. The summed E-state index contributed by atoms with van der Waals surface area (Å²) in [5, 5.41) is 1.89. The summed E-state index contributed by atoms with van der Waals surface area (Å²) >= 11 is 1.64. The molecular weight excluding hydrogens is 336 g/mol. The van der Waals surface area contributed by atoms with Crippen LogP contribution < -0.4 is 5.56 Å². The zero-order valence-corrected chi connectivity index (χ0v) is 14.8. The second kappa shape index (κ2) is 6.44. The molecule has 0 saturated heterocycles. The van der Waals surface area contributed by atoms with Gasteiger partial charge in [0.25, 0.3) is 5.56 Å². The highest BCUT2D eigenvalue weighted by molar-refractivity contribution is 7.10. The number of carbonyl (C=O) groups excluding carboxylic acids is 1. The van der Waals surface area contributed by atoms with Crippen molar-refractivity contribution < 1.29 is 9.53 Å². The molecule has 0 aromatic carbocycles. The topological polar surface area (TPSA) is 60.7 Å². The van der Waals surface area contributed by atoms with Gasteiger partial charge >= 0.3 is 5.97 Å². The molecule has 0 unspecified atom stereocenters. The summed E-state index contributed by atoms with van der Waals surface area (Å²) in [6.07, 6.45) is 6.05. The van der Waals surface area contributed by atoms with Crippen LogP contribution in [0, 0.1) is 6.92 Å². The van der Waals surface area contributed by atoms with E-state index in [-0.39, 0.29) is 18.1 Å². The first-order valence-corrected chi connectivity index (χ1v) is 9.25. The van der Waals surface area contributed by atoms with Gasteiger partial charge in [0.2, 0.25) is 0 Å². The first-order chi connectivity index (χ1) is 12.1. The molecule has 1 aliphatic carbocycles. The molecule has 0 atom stereocenters. The lowest BCUT2D eigenvalue weighted by atomic mass is 9.96. The van der Waals surface area contributed by atoms with Gasteiger partial charge in [0, 0.05) is 22.5 Å². The molecule has 25 heavy (non-hydrogen) atoms. The lowest BCUT2D eigenvalue weighted by Crippen LogP contribution is -2.17. The maximum absolute atomic E-state index is 12.4. The zero-order valence-electron chi connectivity index (χ0n) is 13.9. The SMILES string of the molecule is Cc1ccc2nc(COC(=O)c3csc4c3CCCC4)cc(=O)n2c1. The molecule has 5 nitrogen and oxygen atoms in total. The van der Waals surface area contributed by atoms with Crippen LogP contribution in [-0.4, -0.2) is 15.4 Å². The predicted molar refractivity (Wildman–Crippen MR) is 96.3 cm³/mol. The van der Waals surface area contributed by atoms with Gasteiger partial charge in [-0.1, -0.05) is 6.07 Å². The van der Waals surface area contributed by atoms with Crippen LogP contribution in [0.5, 0.6) is 0 Å². The van der Waals surface area contributed by atoms with Crippen molar-refractivity contribution in [2.24, 2.45) is 0 Å². The second-order valence-corrected chi connectivity index (χ2v) is 7.32. The smallest absolute Gasteiger partial charge is 0.339 e. The number of fused-ring (bicyclic) bond motifs is 2. The van der Waals surface area contributed by atoms with Crippen molar-refractivity contribution in [2.75, 3.05) is 0 Å². The third-order valence-corrected chi connectivity index (χ3v) is 5.58. The average molecular weight is 354 g/mol. The molecule has 0 fully saturated rings. The maximum Gasteiger partial charge on any atom is 0.339 e. The van der Waals surface area contributed by atoms with E-state index < -0.39 is 0 Å². The van der Waals surface area contributed by atoms with Crippen molar-refractivity contribution in [1.29, 1.82) is 0 Å². The Bertz CT molecular complexity index is 1020. The number of esters is 1. The van der Waals surface area contributed by atoms with Crippen molar-refractivity contribution in [3.8, 4) is 0 Å². The fourth-order valence-corrected chi connectivity index (χ4v) is 4.33. The molecule has 0 spiro atoms. The number of pyridine rings is 1. The number of hydrogen-bond acceptors (Lipinski definition) is 5. The molecule has 128 valence electrons. The highest BCUT2D eigenvalue weighted by Crippen LogP contribution is 2.30. The van der Waals surface area contributed by atoms with Gasteiger partial charge in [-0.2, -0.15) is 0 Å². The van der Waals surface area contributed by atoms with Gasteiger partial charge in [-0.3, -0.25) is 9.20 Å². The van der Waals surface area contributed by atoms with Crippen LogP contribution in [0.1, 0.15) is 44.9 Å². The summed E-state index contributed by atoms with van der Waals surface area (Å²) < 4.78 is 6.92. The van der Waals surface area contributed by atoms with E-state index >= 15 is 0 Å². The van der Waals surface area contributed by atoms with Crippen molar-refractivity contribution in [3.05, 3.63) is 67.4 Å². The van der Waals surface area contributed by atoms with Crippen molar-refractivity contribution in [3.63, 3.8) is 0 Å². The Morgan fingerprint density at radius 1 is 1.32 bits per heavy atom. The van der Waals surface area contributed by atoms with Gasteiger partial charge < -0.3 is 4.74 Å². The Morgan fingerprint density at radius 3 is 3.04 bits per heavy atom. The fourth-order valence-electron chi connectivity index (χ4n) is 3.21. The van der Waals surface area contributed by atoms with E-state index in [0.29, 0.717) is 16.9 Å².